The minimum absolute atomic E-state index is 0.0654. The molecule has 1 heterocycles. The average molecular weight is 178 g/mol. The van der Waals surface area contributed by atoms with Gasteiger partial charge in [-0.2, -0.15) is 0 Å². The summed E-state index contributed by atoms with van der Waals surface area (Å²) in [4.78, 5) is 11.0. The number of nitrogens with one attached hydrogen (secondary N) is 1. The van der Waals surface area contributed by atoms with Crippen LogP contribution in [-0.4, -0.2) is 12.5 Å². The first kappa shape index (κ1) is 7.91. The highest BCUT2D eigenvalue weighted by molar-refractivity contribution is 5.98. The number of fused-ring (bicyclic) bond motifs is 1. The quantitative estimate of drug-likeness (QED) is 0.580. The van der Waals surface area contributed by atoms with Crippen molar-refractivity contribution < 1.29 is 9.53 Å². The number of rotatable bonds is 0. The largest absolute Gasteiger partial charge is 0.481 e. The van der Waals surface area contributed by atoms with Crippen LogP contribution in [0.4, 0.5) is 11.4 Å². The third-order valence-corrected chi connectivity index (χ3v) is 1.90. The topological polar surface area (TPSA) is 64.3 Å². The number of benzene rings is 1. The molecule has 1 aliphatic heterocycles. The zero-order valence-electron chi connectivity index (χ0n) is 7.26. The van der Waals surface area contributed by atoms with Gasteiger partial charge in [0.1, 0.15) is 11.4 Å². The lowest BCUT2D eigenvalue weighted by Gasteiger charge is -2.19. The van der Waals surface area contributed by atoms with Crippen LogP contribution >= 0.6 is 0 Å². The van der Waals surface area contributed by atoms with Gasteiger partial charge in [0.2, 0.25) is 0 Å². The molecule has 1 amide bonds. The predicted molar refractivity (Wildman–Crippen MR) is 49.7 cm³/mol. The Morgan fingerprint density at radius 2 is 2.31 bits per heavy atom. The second-order valence-electron chi connectivity index (χ2n) is 3.06. The van der Waals surface area contributed by atoms with Crippen molar-refractivity contribution in [1.82, 2.24) is 0 Å². The first-order valence-corrected chi connectivity index (χ1v) is 3.99. The van der Waals surface area contributed by atoms with Crippen LogP contribution in [0.2, 0.25) is 0 Å². The number of ether oxygens (including phenoxy) is 1. The molecule has 1 aromatic rings. The van der Waals surface area contributed by atoms with Crippen molar-refractivity contribution in [2.45, 2.75) is 6.92 Å². The lowest BCUT2D eigenvalue weighted by molar-refractivity contribution is -0.118. The molecule has 4 nitrogen and oxygen atoms in total. The standard InChI is InChI=1S/C9H10N2O2/c1-5-2-6(10)9-7(3-5)13-4-8(12)11-9/h2-3H,4,10H2,1H3,(H,11,12). The first-order valence-electron chi connectivity index (χ1n) is 3.99. The van der Waals surface area contributed by atoms with Gasteiger partial charge in [-0.15, -0.1) is 0 Å². The zero-order valence-corrected chi connectivity index (χ0v) is 7.26. The van der Waals surface area contributed by atoms with Crippen molar-refractivity contribution in [2.75, 3.05) is 17.7 Å². The van der Waals surface area contributed by atoms with Crippen LogP contribution in [0, 0.1) is 6.92 Å². The molecule has 0 saturated carbocycles. The van der Waals surface area contributed by atoms with Gasteiger partial charge in [0.25, 0.3) is 5.91 Å². The molecular weight excluding hydrogens is 168 g/mol. The average Bonchev–Trinajstić information content (AvgIpc) is 2.06. The molecule has 1 aliphatic rings. The summed E-state index contributed by atoms with van der Waals surface area (Å²) in [6.45, 7) is 1.99. The maximum atomic E-state index is 11.0. The Morgan fingerprint density at radius 3 is 3.08 bits per heavy atom. The smallest absolute Gasteiger partial charge is 0.262 e. The fraction of sp³-hybridized carbons (Fsp3) is 0.222. The summed E-state index contributed by atoms with van der Waals surface area (Å²) in [5, 5.41) is 2.67. The fourth-order valence-corrected chi connectivity index (χ4v) is 1.35. The van der Waals surface area contributed by atoms with Crippen molar-refractivity contribution in [3.05, 3.63) is 17.7 Å². The van der Waals surface area contributed by atoms with E-state index in [0.717, 1.165) is 5.56 Å². The Bertz CT molecular complexity index is 374. The summed E-state index contributed by atoms with van der Waals surface area (Å²) in [7, 11) is 0. The highest BCUT2D eigenvalue weighted by Crippen LogP contribution is 2.34. The summed E-state index contributed by atoms with van der Waals surface area (Å²) in [6.07, 6.45) is 0. The number of hydrogen-bond donors (Lipinski definition) is 2. The third-order valence-electron chi connectivity index (χ3n) is 1.90. The number of anilines is 2. The van der Waals surface area contributed by atoms with E-state index in [1.165, 1.54) is 0 Å². The monoisotopic (exact) mass is 178 g/mol. The van der Waals surface area contributed by atoms with Gasteiger partial charge in [-0.1, -0.05) is 0 Å². The molecule has 0 bridgehead atoms. The number of carbonyl (C=O) groups is 1. The highest BCUT2D eigenvalue weighted by atomic mass is 16.5. The van der Waals surface area contributed by atoms with E-state index in [-0.39, 0.29) is 12.5 Å². The molecule has 0 atom stereocenters. The molecule has 0 fully saturated rings. The normalized spacial score (nSPS) is 14.4. The van der Waals surface area contributed by atoms with Gasteiger partial charge < -0.3 is 15.8 Å². The second-order valence-corrected chi connectivity index (χ2v) is 3.06. The van der Waals surface area contributed by atoms with E-state index in [2.05, 4.69) is 5.32 Å². The number of amides is 1. The fourth-order valence-electron chi connectivity index (χ4n) is 1.35. The highest BCUT2D eigenvalue weighted by Gasteiger charge is 2.18. The maximum Gasteiger partial charge on any atom is 0.262 e. The summed E-state index contributed by atoms with van der Waals surface area (Å²) in [5.74, 6) is 0.486. The maximum absolute atomic E-state index is 11.0. The van der Waals surface area contributed by atoms with Gasteiger partial charge in [0.05, 0.1) is 5.69 Å². The van der Waals surface area contributed by atoms with Crippen molar-refractivity contribution in [1.29, 1.82) is 0 Å². The minimum atomic E-state index is -0.164. The van der Waals surface area contributed by atoms with E-state index >= 15 is 0 Å². The predicted octanol–water partition coefficient (Wildman–Crippen LogP) is 0.908. The summed E-state index contributed by atoms with van der Waals surface area (Å²) < 4.78 is 5.21. The molecule has 68 valence electrons. The van der Waals surface area contributed by atoms with Crippen LogP contribution in [-0.2, 0) is 4.79 Å². The van der Waals surface area contributed by atoms with Gasteiger partial charge in [-0.3, -0.25) is 4.79 Å². The summed E-state index contributed by atoms with van der Waals surface area (Å²) in [5.41, 5.74) is 7.86. The molecule has 0 radical (unpaired) electrons. The van der Waals surface area contributed by atoms with Crippen LogP contribution in [0.25, 0.3) is 0 Å². The lowest BCUT2D eigenvalue weighted by atomic mass is 10.1. The van der Waals surface area contributed by atoms with Crippen LogP contribution in [0.3, 0.4) is 0 Å². The van der Waals surface area contributed by atoms with Crippen molar-refractivity contribution in [3.8, 4) is 5.75 Å². The van der Waals surface area contributed by atoms with Gasteiger partial charge >= 0.3 is 0 Å². The molecule has 13 heavy (non-hydrogen) atoms. The molecule has 4 heteroatoms. The van der Waals surface area contributed by atoms with Gasteiger partial charge in [-0.25, -0.2) is 0 Å². The van der Waals surface area contributed by atoms with E-state index in [1.807, 2.05) is 13.0 Å². The Kier molecular flexibility index (Phi) is 1.62. The number of aryl methyl sites for hydroxylation is 1. The minimum Gasteiger partial charge on any atom is -0.481 e. The van der Waals surface area contributed by atoms with Crippen molar-refractivity contribution in [3.63, 3.8) is 0 Å². The number of nitrogen functional groups attached to an aromatic ring is 1. The Labute approximate surface area is 75.7 Å². The van der Waals surface area contributed by atoms with Crippen LogP contribution in [0.15, 0.2) is 12.1 Å². The molecular formula is C9H10N2O2. The molecule has 1 aromatic carbocycles. The molecule has 2 rings (SSSR count). The van der Waals surface area contributed by atoms with Crippen molar-refractivity contribution >= 4 is 17.3 Å². The Balaban J connectivity index is 2.53. The summed E-state index contributed by atoms with van der Waals surface area (Å²) in [6, 6.07) is 3.65. The first-order chi connectivity index (χ1) is 6.16. The van der Waals surface area contributed by atoms with E-state index in [4.69, 9.17) is 10.5 Å². The molecule has 0 aliphatic carbocycles. The molecule has 0 spiro atoms. The molecule has 0 unspecified atom stereocenters. The van der Waals surface area contributed by atoms with Crippen LogP contribution in [0.5, 0.6) is 5.75 Å². The summed E-state index contributed by atoms with van der Waals surface area (Å²) >= 11 is 0. The van der Waals surface area contributed by atoms with E-state index in [9.17, 15) is 4.79 Å². The number of nitrogens with two attached hydrogens (primary N) is 1. The Hall–Kier alpha value is -1.71. The Morgan fingerprint density at radius 1 is 1.54 bits per heavy atom. The van der Waals surface area contributed by atoms with E-state index in [0.29, 0.717) is 17.1 Å². The van der Waals surface area contributed by atoms with E-state index in [1.54, 1.807) is 6.07 Å². The number of carbonyl (C=O) groups excluding carboxylic acids is 1. The van der Waals surface area contributed by atoms with Gasteiger partial charge in [0.15, 0.2) is 6.61 Å². The zero-order chi connectivity index (χ0) is 9.42. The molecule has 3 N–H and O–H groups in total. The van der Waals surface area contributed by atoms with Crippen LogP contribution < -0.4 is 15.8 Å². The van der Waals surface area contributed by atoms with Gasteiger partial charge in [-0.05, 0) is 24.6 Å². The van der Waals surface area contributed by atoms with E-state index < -0.39 is 0 Å². The lowest BCUT2D eigenvalue weighted by Crippen LogP contribution is -2.26. The number of hydrogen-bond acceptors (Lipinski definition) is 3. The van der Waals surface area contributed by atoms with Crippen molar-refractivity contribution in [2.24, 2.45) is 0 Å². The second kappa shape index (κ2) is 2.65. The third kappa shape index (κ3) is 1.30. The van der Waals surface area contributed by atoms with Gasteiger partial charge in [0, 0.05) is 0 Å². The SMILES string of the molecule is Cc1cc(N)c2c(c1)OCC(=O)N2. The van der Waals surface area contributed by atoms with Crippen LogP contribution in [0.1, 0.15) is 5.56 Å². The molecule has 0 aromatic heterocycles. The molecule has 0 saturated heterocycles.